The number of aliphatic hydroxyl groups excluding tert-OH is 1. The van der Waals surface area contributed by atoms with Crippen LogP contribution in [-0.4, -0.2) is 59.4 Å². The molecule has 100 valence electrons. The molecule has 0 amide bonds. The van der Waals surface area contributed by atoms with Crippen LogP contribution in [0.5, 0.6) is 0 Å². The minimum Gasteiger partial charge on any atom is -0.481 e. The zero-order valence-electron chi connectivity index (χ0n) is 10.7. The number of hydrogen-bond donors (Lipinski definition) is 2. The topological polar surface area (TPSA) is 79.2 Å². The lowest BCUT2D eigenvalue weighted by Gasteiger charge is -2.22. The quantitative estimate of drug-likeness (QED) is 0.684. The molecule has 6 nitrogen and oxygen atoms in total. The molecule has 2 rings (SSSR count). The Morgan fingerprint density at radius 1 is 1.47 bits per heavy atom. The van der Waals surface area contributed by atoms with E-state index in [0.29, 0.717) is 0 Å². The molecule has 2 fully saturated rings. The molecule has 0 aromatic carbocycles. The van der Waals surface area contributed by atoms with Crippen LogP contribution in [0.3, 0.4) is 0 Å². The summed E-state index contributed by atoms with van der Waals surface area (Å²) in [6, 6.07) is 0. The second-order valence-corrected chi connectivity index (χ2v) is 4.89. The molecule has 2 heterocycles. The van der Waals surface area contributed by atoms with Gasteiger partial charge in [0.1, 0.15) is 12.3 Å². The first-order valence-electron chi connectivity index (χ1n) is 5.63. The Labute approximate surface area is 101 Å². The zero-order valence-corrected chi connectivity index (χ0v) is 10.7. The number of carboxylic acid groups (broad SMARTS) is 1. The van der Waals surface area contributed by atoms with Crippen molar-refractivity contribution in [3.05, 3.63) is 0 Å². The molecule has 2 aliphatic heterocycles. The monoisotopic (exact) mass is 247 g/mol. The van der Waals surface area contributed by atoms with E-state index in [1.807, 2.05) is 20.9 Å². The molecule has 3 atom stereocenters. The van der Waals surface area contributed by atoms with E-state index in [1.165, 1.54) is 0 Å². The van der Waals surface area contributed by atoms with Gasteiger partial charge in [-0.1, -0.05) is 0 Å². The fourth-order valence-corrected chi connectivity index (χ4v) is 2.18. The lowest BCUT2D eigenvalue weighted by molar-refractivity contribution is -0.171. The zero-order chi connectivity index (χ0) is 13.2. The van der Waals surface area contributed by atoms with Crippen LogP contribution in [0.15, 0.2) is 0 Å². The van der Waals surface area contributed by atoms with Crippen LogP contribution in [-0.2, 0) is 14.3 Å². The number of ether oxygens (including phenoxy) is 2. The van der Waals surface area contributed by atoms with E-state index in [-0.39, 0.29) is 24.9 Å². The molecular formula is C11H21NO5. The first-order chi connectivity index (χ1) is 7.76. The average Bonchev–Trinajstić information content (AvgIpc) is 2.61. The van der Waals surface area contributed by atoms with Gasteiger partial charge in [0.05, 0.1) is 0 Å². The number of likely N-dealkylation sites (N-methyl/N-ethyl adjacent to an activating group) is 1. The molecule has 17 heavy (non-hydrogen) atoms. The molecular weight excluding hydrogens is 226 g/mol. The highest BCUT2D eigenvalue weighted by Crippen LogP contribution is 2.37. The summed E-state index contributed by atoms with van der Waals surface area (Å²) in [7, 11) is 2.00. The summed E-state index contributed by atoms with van der Waals surface area (Å²) in [4.78, 5) is 11.1. The molecule has 6 heteroatoms. The third kappa shape index (κ3) is 3.64. The van der Waals surface area contributed by atoms with Gasteiger partial charge in [-0.15, -0.1) is 0 Å². The first kappa shape index (κ1) is 14.4. The Bertz CT molecular complexity index is 277. The summed E-state index contributed by atoms with van der Waals surface area (Å²) in [6.07, 6.45) is 0.0529. The van der Waals surface area contributed by atoms with Crippen LogP contribution in [0, 0.1) is 5.92 Å². The number of likely N-dealkylation sites (tertiary alicyclic amines) is 1. The largest absolute Gasteiger partial charge is 0.481 e. The Hall–Kier alpha value is -0.690. The molecule has 0 unspecified atom stereocenters. The minimum atomic E-state index is -0.833. The first-order valence-corrected chi connectivity index (χ1v) is 5.63. The highest BCUT2D eigenvalue weighted by molar-refractivity contribution is 5.62. The average molecular weight is 247 g/mol. The van der Waals surface area contributed by atoms with E-state index in [2.05, 4.69) is 4.90 Å². The second-order valence-electron chi connectivity index (χ2n) is 4.89. The molecule has 0 aromatic rings. The number of fused-ring (bicyclic) bond motifs is 1. The SMILES string of the molecule is CC(=O)O.CN1C[C@H](CO)[C@H]2OC(C)(C)O[C@@H]21. The van der Waals surface area contributed by atoms with Gasteiger partial charge in [0, 0.05) is 26.0 Å². The third-order valence-electron chi connectivity index (χ3n) is 2.76. The van der Waals surface area contributed by atoms with Gasteiger partial charge in [-0.05, 0) is 20.9 Å². The Balaban J connectivity index is 0.000000317. The van der Waals surface area contributed by atoms with Crippen molar-refractivity contribution in [2.75, 3.05) is 20.2 Å². The molecule has 0 radical (unpaired) electrons. The maximum Gasteiger partial charge on any atom is 0.300 e. The molecule has 2 N–H and O–H groups in total. The van der Waals surface area contributed by atoms with Crippen LogP contribution in [0.1, 0.15) is 20.8 Å². The van der Waals surface area contributed by atoms with Crippen molar-refractivity contribution in [2.24, 2.45) is 5.92 Å². The van der Waals surface area contributed by atoms with E-state index < -0.39 is 11.8 Å². The van der Waals surface area contributed by atoms with Crippen molar-refractivity contribution in [3.8, 4) is 0 Å². The summed E-state index contributed by atoms with van der Waals surface area (Å²) >= 11 is 0. The molecule has 0 saturated carbocycles. The van der Waals surface area contributed by atoms with E-state index in [9.17, 15) is 0 Å². The molecule has 0 spiro atoms. The predicted octanol–water partition coefficient (Wildman–Crippen LogP) is 0.109. The lowest BCUT2D eigenvalue weighted by atomic mass is 10.1. The van der Waals surface area contributed by atoms with Crippen molar-refractivity contribution < 1.29 is 24.5 Å². The van der Waals surface area contributed by atoms with Crippen LogP contribution >= 0.6 is 0 Å². The van der Waals surface area contributed by atoms with Gasteiger partial charge >= 0.3 is 0 Å². The highest BCUT2D eigenvalue weighted by Gasteiger charge is 2.51. The molecule has 0 aromatic heterocycles. The van der Waals surface area contributed by atoms with Gasteiger partial charge < -0.3 is 19.7 Å². The number of rotatable bonds is 1. The van der Waals surface area contributed by atoms with E-state index in [1.54, 1.807) is 0 Å². The van der Waals surface area contributed by atoms with Crippen LogP contribution in [0.4, 0.5) is 0 Å². The number of aliphatic carboxylic acids is 1. The van der Waals surface area contributed by atoms with Gasteiger partial charge in [0.2, 0.25) is 0 Å². The number of carbonyl (C=O) groups is 1. The second kappa shape index (κ2) is 5.30. The van der Waals surface area contributed by atoms with Gasteiger partial charge in [0.25, 0.3) is 5.97 Å². The van der Waals surface area contributed by atoms with E-state index in [4.69, 9.17) is 24.5 Å². The van der Waals surface area contributed by atoms with E-state index in [0.717, 1.165) is 13.5 Å². The summed E-state index contributed by atoms with van der Waals surface area (Å²) < 4.78 is 11.4. The third-order valence-corrected chi connectivity index (χ3v) is 2.76. The van der Waals surface area contributed by atoms with Gasteiger partial charge in [0.15, 0.2) is 5.79 Å². The van der Waals surface area contributed by atoms with Crippen LogP contribution in [0.25, 0.3) is 0 Å². The Kier molecular flexibility index (Phi) is 4.48. The molecule has 2 saturated heterocycles. The normalized spacial score (nSPS) is 35.0. The summed E-state index contributed by atoms with van der Waals surface area (Å²) in [5.41, 5.74) is 0. The van der Waals surface area contributed by atoms with Crippen molar-refractivity contribution in [1.29, 1.82) is 0 Å². The summed E-state index contributed by atoms with van der Waals surface area (Å²) in [5.74, 6) is -1.14. The van der Waals surface area contributed by atoms with Crippen LogP contribution in [0.2, 0.25) is 0 Å². The Morgan fingerprint density at radius 2 is 2.00 bits per heavy atom. The molecule has 0 bridgehead atoms. The smallest absolute Gasteiger partial charge is 0.300 e. The number of hydrogen-bond acceptors (Lipinski definition) is 5. The fourth-order valence-electron chi connectivity index (χ4n) is 2.18. The van der Waals surface area contributed by atoms with Crippen molar-refractivity contribution in [3.63, 3.8) is 0 Å². The standard InChI is InChI=1S/C9H17NO3.C2H4O2/c1-9(2)12-7-6(5-11)4-10(3)8(7)13-9;1-2(3)4/h6-8,11H,4-5H2,1-3H3;1H3,(H,3,4)/t6-,7-,8+;/m1./s1. The van der Waals surface area contributed by atoms with E-state index >= 15 is 0 Å². The maximum absolute atomic E-state index is 9.14. The molecule has 2 aliphatic rings. The summed E-state index contributed by atoms with van der Waals surface area (Å²) in [6.45, 7) is 5.92. The highest BCUT2D eigenvalue weighted by atomic mass is 16.8. The minimum absolute atomic E-state index is 0.0205. The molecule has 0 aliphatic carbocycles. The number of carboxylic acids is 1. The van der Waals surface area contributed by atoms with Gasteiger partial charge in [-0.25, -0.2) is 0 Å². The fraction of sp³-hybridized carbons (Fsp3) is 0.909. The van der Waals surface area contributed by atoms with Gasteiger partial charge in [-0.3, -0.25) is 9.69 Å². The lowest BCUT2D eigenvalue weighted by Crippen LogP contribution is -2.31. The number of aliphatic hydroxyl groups is 1. The van der Waals surface area contributed by atoms with Crippen LogP contribution < -0.4 is 0 Å². The maximum atomic E-state index is 9.14. The predicted molar refractivity (Wildman–Crippen MR) is 60.3 cm³/mol. The van der Waals surface area contributed by atoms with Crippen molar-refractivity contribution in [1.82, 2.24) is 4.90 Å². The van der Waals surface area contributed by atoms with Gasteiger partial charge in [-0.2, -0.15) is 0 Å². The van der Waals surface area contributed by atoms with Crippen molar-refractivity contribution in [2.45, 2.75) is 38.9 Å². The Morgan fingerprint density at radius 3 is 2.47 bits per heavy atom. The van der Waals surface area contributed by atoms with Crippen molar-refractivity contribution >= 4 is 5.97 Å². The number of nitrogens with zero attached hydrogens (tertiary/aromatic N) is 1. The summed E-state index contributed by atoms with van der Waals surface area (Å²) in [5, 5.41) is 16.6.